The van der Waals surface area contributed by atoms with E-state index in [2.05, 4.69) is 41.9 Å². The van der Waals surface area contributed by atoms with Gasteiger partial charge in [0.1, 0.15) is 6.04 Å². The van der Waals surface area contributed by atoms with Gasteiger partial charge in [-0.15, -0.1) is 0 Å². The Balaban J connectivity index is 1.27. The molecule has 2 amide bonds. The van der Waals surface area contributed by atoms with Crippen LogP contribution >= 0.6 is 0 Å². The molecule has 0 saturated carbocycles. The molecule has 0 unspecified atom stereocenters. The van der Waals surface area contributed by atoms with Crippen LogP contribution in [-0.2, 0) is 35.3 Å². The Hall–Kier alpha value is -5.54. The third-order valence-electron chi connectivity index (χ3n) is 9.72. The molecule has 0 bridgehead atoms. The van der Waals surface area contributed by atoms with Gasteiger partial charge in [0, 0.05) is 63.5 Å². The van der Waals surface area contributed by atoms with Crippen molar-refractivity contribution < 1.29 is 22.8 Å². The van der Waals surface area contributed by atoms with Crippen LogP contribution in [0.4, 0.5) is 13.2 Å². The van der Waals surface area contributed by atoms with Gasteiger partial charge in [-0.3, -0.25) is 19.5 Å². The van der Waals surface area contributed by atoms with Gasteiger partial charge in [-0.2, -0.15) is 13.2 Å². The number of carbonyl (C=O) groups excluding carboxylic acids is 2. The molecule has 6 rings (SSSR count). The summed E-state index contributed by atoms with van der Waals surface area (Å²) in [6.07, 6.45) is 0.411. The van der Waals surface area contributed by atoms with Gasteiger partial charge < -0.3 is 9.80 Å². The van der Waals surface area contributed by atoms with Crippen LogP contribution in [0.15, 0.2) is 128 Å². The lowest BCUT2D eigenvalue weighted by atomic mass is 10.0. The zero-order chi connectivity index (χ0) is 37.4. The summed E-state index contributed by atoms with van der Waals surface area (Å²) in [5.41, 5.74) is 6.89. The highest BCUT2D eigenvalue weighted by Gasteiger charge is 2.34. The van der Waals surface area contributed by atoms with E-state index in [-0.39, 0.29) is 12.5 Å². The van der Waals surface area contributed by atoms with Crippen molar-refractivity contribution in [2.24, 2.45) is 0 Å². The van der Waals surface area contributed by atoms with E-state index in [4.69, 9.17) is 0 Å². The quantitative estimate of drug-likeness (QED) is 0.129. The molecule has 0 N–H and O–H groups in total. The van der Waals surface area contributed by atoms with E-state index in [1.807, 2.05) is 77.7 Å². The molecule has 53 heavy (non-hydrogen) atoms. The minimum absolute atomic E-state index is 0.138. The highest BCUT2D eigenvalue weighted by Crippen LogP contribution is 2.29. The van der Waals surface area contributed by atoms with Crippen molar-refractivity contribution in [1.29, 1.82) is 0 Å². The minimum atomic E-state index is -4.46. The number of benzene rings is 4. The molecule has 9 heteroatoms. The summed E-state index contributed by atoms with van der Waals surface area (Å²) in [6.45, 7) is 7.61. The molecule has 272 valence electrons. The molecule has 0 radical (unpaired) electrons. The fourth-order valence-electron chi connectivity index (χ4n) is 6.67. The average Bonchev–Trinajstić information content (AvgIpc) is 3.17. The number of nitrogens with zero attached hydrogens (tertiary/aromatic N) is 4. The first kappa shape index (κ1) is 37.2. The summed E-state index contributed by atoms with van der Waals surface area (Å²) in [4.78, 5) is 39.1. The number of aromatic nitrogens is 1. The number of rotatable bonds is 11. The zero-order valence-corrected chi connectivity index (χ0v) is 30.0. The fraction of sp³-hybridized carbons (Fsp3) is 0.250. The average molecular weight is 717 g/mol. The molecule has 1 atom stereocenters. The number of pyridine rings is 1. The summed E-state index contributed by atoms with van der Waals surface area (Å²) >= 11 is 0. The predicted octanol–water partition coefficient (Wildman–Crippen LogP) is 8.38. The second-order valence-electron chi connectivity index (χ2n) is 13.6. The first-order valence-corrected chi connectivity index (χ1v) is 17.8. The number of alkyl halides is 3. The largest absolute Gasteiger partial charge is 0.416 e. The smallest absolute Gasteiger partial charge is 0.338 e. The molecule has 2 heterocycles. The maximum Gasteiger partial charge on any atom is 0.416 e. The van der Waals surface area contributed by atoms with Gasteiger partial charge in [-0.05, 0) is 72.0 Å². The Bertz CT molecular complexity index is 2010. The predicted molar refractivity (Wildman–Crippen MR) is 202 cm³/mol. The second kappa shape index (κ2) is 16.9. The van der Waals surface area contributed by atoms with Gasteiger partial charge in [-0.25, -0.2) is 0 Å². The molecule has 1 fully saturated rings. The van der Waals surface area contributed by atoms with Gasteiger partial charge in [-0.1, -0.05) is 96.6 Å². The third-order valence-corrected chi connectivity index (χ3v) is 9.72. The Morgan fingerprint density at radius 1 is 0.811 bits per heavy atom. The Morgan fingerprint density at radius 3 is 2.15 bits per heavy atom. The molecule has 0 spiro atoms. The fourth-order valence-corrected chi connectivity index (χ4v) is 6.67. The lowest BCUT2D eigenvalue weighted by molar-refractivity contribution is -0.145. The van der Waals surface area contributed by atoms with E-state index in [1.165, 1.54) is 41.0 Å². The van der Waals surface area contributed by atoms with Crippen LogP contribution in [-0.4, -0.2) is 63.7 Å². The SMILES string of the molecule is Cc1ccc(CN2CCN(C(=O)[C@H](Cc3ccccc3)N(Cc3ccc(-c4ccccn4)cc3)C(=O)C=Cc3ccc(C(F)(F)F)cc3)CC2)c(C)c1. The van der Waals surface area contributed by atoms with Gasteiger partial charge in [0.05, 0.1) is 11.3 Å². The van der Waals surface area contributed by atoms with Crippen LogP contribution in [0.3, 0.4) is 0 Å². The summed E-state index contributed by atoms with van der Waals surface area (Å²) < 4.78 is 39.6. The monoisotopic (exact) mass is 716 g/mol. The zero-order valence-electron chi connectivity index (χ0n) is 30.0. The number of amides is 2. The van der Waals surface area contributed by atoms with Crippen molar-refractivity contribution in [2.45, 2.75) is 45.6 Å². The van der Waals surface area contributed by atoms with Crippen molar-refractivity contribution in [2.75, 3.05) is 26.2 Å². The second-order valence-corrected chi connectivity index (χ2v) is 13.6. The lowest BCUT2D eigenvalue weighted by Crippen LogP contribution is -2.56. The molecule has 5 aromatic rings. The van der Waals surface area contributed by atoms with Crippen LogP contribution in [0, 0.1) is 13.8 Å². The molecule has 4 aromatic carbocycles. The first-order valence-electron chi connectivity index (χ1n) is 17.8. The summed E-state index contributed by atoms with van der Waals surface area (Å²) in [5.74, 6) is -0.553. The number of hydrogen-bond donors (Lipinski definition) is 0. The highest BCUT2D eigenvalue weighted by atomic mass is 19.4. The maximum absolute atomic E-state index is 14.6. The van der Waals surface area contributed by atoms with Crippen molar-refractivity contribution >= 4 is 17.9 Å². The van der Waals surface area contributed by atoms with Gasteiger partial charge in [0.2, 0.25) is 11.8 Å². The van der Waals surface area contributed by atoms with E-state index in [0.29, 0.717) is 38.2 Å². The Labute approximate surface area is 309 Å². The Kier molecular flexibility index (Phi) is 11.8. The van der Waals surface area contributed by atoms with Crippen molar-refractivity contribution in [1.82, 2.24) is 19.7 Å². The molecule has 1 aliphatic heterocycles. The maximum atomic E-state index is 14.6. The normalized spacial score (nSPS) is 14.3. The van der Waals surface area contributed by atoms with E-state index >= 15 is 0 Å². The number of aryl methyl sites for hydroxylation is 2. The number of piperazine rings is 1. The van der Waals surface area contributed by atoms with E-state index in [0.717, 1.165) is 41.1 Å². The molecule has 6 nitrogen and oxygen atoms in total. The number of carbonyl (C=O) groups is 2. The molecule has 1 aromatic heterocycles. The van der Waals surface area contributed by atoms with Crippen molar-refractivity contribution in [3.8, 4) is 11.3 Å². The summed E-state index contributed by atoms with van der Waals surface area (Å²) in [6, 6.07) is 33.4. The van der Waals surface area contributed by atoms with Gasteiger partial charge in [0.25, 0.3) is 0 Å². The van der Waals surface area contributed by atoms with Crippen LogP contribution < -0.4 is 0 Å². The van der Waals surface area contributed by atoms with Crippen LogP contribution in [0.25, 0.3) is 17.3 Å². The molecule has 1 saturated heterocycles. The molecule has 1 aliphatic rings. The number of halogens is 3. The number of hydrogen-bond acceptors (Lipinski definition) is 4. The van der Waals surface area contributed by atoms with E-state index < -0.39 is 23.7 Å². The third kappa shape index (κ3) is 9.87. The topological polar surface area (TPSA) is 56.8 Å². The molecular formula is C44H43F3N4O2. The van der Waals surface area contributed by atoms with Crippen molar-refractivity contribution in [3.63, 3.8) is 0 Å². The standard InChI is InChI=1S/C44H43F3N4O2/c1-32-11-17-38(33(2)28-32)31-49-24-26-50(27-25-49)43(53)41(29-35-8-4-3-5-9-35)51(30-36-12-18-37(19-13-36)40-10-6-7-23-48-40)42(52)22-16-34-14-20-39(21-15-34)44(45,46)47/h3-23,28,41H,24-27,29-31H2,1-2H3/t41-/m0/s1. The van der Waals surface area contributed by atoms with Crippen LogP contribution in [0.1, 0.15) is 38.9 Å². The van der Waals surface area contributed by atoms with E-state index in [9.17, 15) is 22.8 Å². The summed E-state index contributed by atoms with van der Waals surface area (Å²) in [5, 5.41) is 0. The Morgan fingerprint density at radius 2 is 1.51 bits per heavy atom. The summed E-state index contributed by atoms with van der Waals surface area (Å²) in [7, 11) is 0. The molecular weight excluding hydrogens is 674 g/mol. The van der Waals surface area contributed by atoms with Crippen LogP contribution in [0.5, 0.6) is 0 Å². The van der Waals surface area contributed by atoms with E-state index in [1.54, 1.807) is 11.1 Å². The van der Waals surface area contributed by atoms with Crippen molar-refractivity contribution in [3.05, 3.63) is 166 Å². The van der Waals surface area contributed by atoms with Gasteiger partial charge >= 0.3 is 6.18 Å². The first-order chi connectivity index (χ1) is 25.5. The van der Waals surface area contributed by atoms with Crippen LogP contribution in [0.2, 0.25) is 0 Å². The highest BCUT2D eigenvalue weighted by molar-refractivity contribution is 5.95. The lowest BCUT2D eigenvalue weighted by Gasteiger charge is -2.39. The molecule has 0 aliphatic carbocycles. The minimum Gasteiger partial charge on any atom is -0.338 e. The van der Waals surface area contributed by atoms with Gasteiger partial charge in [0.15, 0.2) is 0 Å².